The molecule has 0 aliphatic carbocycles. The molecule has 1 spiro atoms. The van der Waals surface area contributed by atoms with Crippen LogP contribution in [-0.4, -0.2) is 49.6 Å². The number of hydrogen-bond acceptors (Lipinski definition) is 6. The summed E-state index contributed by atoms with van der Waals surface area (Å²) in [5.74, 6) is 2.29. The third-order valence-corrected chi connectivity index (χ3v) is 5.62. The van der Waals surface area contributed by atoms with Crippen LogP contribution in [0.3, 0.4) is 0 Å². The van der Waals surface area contributed by atoms with Gasteiger partial charge in [-0.3, -0.25) is 0 Å². The van der Waals surface area contributed by atoms with Gasteiger partial charge in [-0.25, -0.2) is 8.78 Å². The Hall–Kier alpha value is -1.48. The topological polar surface area (TPSA) is 64.3 Å². The number of hydrogen-bond donors (Lipinski definition) is 1. The second-order valence-corrected chi connectivity index (χ2v) is 7.12. The van der Waals surface area contributed by atoms with Gasteiger partial charge >= 0.3 is 0 Å². The number of ether oxygens (including phenoxy) is 1. The molecular weight excluding hydrogens is 324 g/mol. The van der Waals surface area contributed by atoms with Crippen molar-refractivity contribution in [2.45, 2.75) is 37.3 Å². The van der Waals surface area contributed by atoms with E-state index < -0.39 is 12.2 Å². The van der Waals surface area contributed by atoms with Crippen LogP contribution in [0, 0.1) is 0 Å². The van der Waals surface area contributed by atoms with E-state index in [2.05, 4.69) is 20.6 Å². The molecule has 124 valence electrons. The number of nitrogens with zero attached hydrogens (tertiary/aromatic N) is 4. The van der Waals surface area contributed by atoms with E-state index in [9.17, 15) is 8.78 Å². The lowest BCUT2D eigenvalue weighted by atomic mass is 9.90. The number of halogens is 2. The van der Waals surface area contributed by atoms with Crippen LogP contribution in [0.15, 0.2) is 12.1 Å². The predicted octanol–water partition coefficient (Wildman–Crippen LogP) is 2.53. The van der Waals surface area contributed by atoms with Crippen molar-refractivity contribution < 1.29 is 13.5 Å². The van der Waals surface area contributed by atoms with Gasteiger partial charge in [0.25, 0.3) is 6.43 Å². The number of fused-ring (bicyclic) bond motifs is 1. The van der Waals surface area contributed by atoms with Gasteiger partial charge < -0.3 is 10.1 Å². The number of thioether (sulfide) groups is 1. The molecule has 0 bridgehead atoms. The van der Waals surface area contributed by atoms with E-state index in [0.29, 0.717) is 11.5 Å². The fourth-order valence-electron chi connectivity index (χ4n) is 3.24. The summed E-state index contributed by atoms with van der Waals surface area (Å²) in [5.41, 5.74) is 0.288. The first-order chi connectivity index (χ1) is 11.2. The summed E-state index contributed by atoms with van der Waals surface area (Å²) in [6.07, 6.45) is 0.178. The smallest absolute Gasteiger partial charge is 0.299 e. The Bertz CT molecular complexity index is 704. The zero-order valence-electron chi connectivity index (χ0n) is 12.4. The first-order valence-corrected chi connectivity index (χ1v) is 8.79. The van der Waals surface area contributed by atoms with Crippen LogP contribution in [0.25, 0.3) is 5.65 Å². The molecule has 0 unspecified atom stereocenters. The lowest BCUT2D eigenvalue weighted by Gasteiger charge is -2.38. The van der Waals surface area contributed by atoms with Crippen LogP contribution < -0.4 is 5.32 Å². The number of anilines is 1. The second-order valence-electron chi connectivity index (χ2n) is 6.02. The van der Waals surface area contributed by atoms with E-state index in [1.807, 2.05) is 11.8 Å². The van der Waals surface area contributed by atoms with Gasteiger partial charge in [-0.15, -0.1) is 15.3 Å². The number of nitrogens with one attached hydrogen (secondary N) is 1. The van der Waals surface area contributed by atoms with Crippen LogP contribution in [-0.2, 0) is 4.74 Å². The zero-order chi connectivity index (χ0) is 15.9. The van der Waals surface area contributed by atoms with Crippen molar-refractivity contribution >= 4 is 23.2 Å². The van der Waals surface area contributed by atoms with Crippen LogP contribution in [0.2, 0.25) is 0 Å². The highest BCUT2D eigenvalue weighted by Gasteiger charge is 2.40. The van der Waals surface area contributed by atoms with Crippen LogP contribution in [0.1, 0.15) is 31.5 Å². The van der Waals surface area contributed by atoms with E-state index in [4.69, 9.17) is 4.74 Å². The normalized spacial score (nSPS) is 28.0. The molecule has 9 heteroatoms. The number of aromatic nitrogens is 4. The summed E-state index contributed by atoms with van der Waals surface area (Å²) in [5, 5.41) is 14.8. The van der Waals surface area contributed by atoms with Crippen molar-refractivity contribution in [3.05, 3.63) is 18.0 Å². The Labute approximate surface area is 136 Å². The van der Waals surface area contributed by atoms with E-state index in [0.717, 1.165) is 41.9 Å². The standard InChI is InChI=1S/C14H17F2N5OS/c15-12(16)13-19-18-11-2-1-10(20-21(11)13)17-9-3-5-22-14(7-9)4-6-23-8-14/h1-2,9,12H,3-8H2,(H,17,20)/t9-,14-/m0/s1. The van der Waals surface area contributed by atoms with Gasteiger partial charge in [0, 0.05) is 18.4 Å². The molecule has 1 N–H and O–H groups in total. The minimum Gasteiger partial charge on any atom is -0.374 e. The van der Waals surface area contributed by atoms with E-state index in [1.165, 1.54) is 0 Å². The average molecular weight is 341 g/mol. The minimum absolute atomic E-state index is 0.0324. The highest BCUT2D eigenvalue weighted by Crippen LogP contribution is 2.38. The summed E-state index contributed by atoms with van der Waals surface area (Å²) >= 11 is 1.92. The fraction of sp³-hybridized carbons (Fsp3) is 0.643. The Morgan fingerprint density at radius 1 is 1.39 bits per heavy atom. The second kappa shape index (κ2) is 5.86. The molecule has 4 rings (SSSR count). The summed E-state index contributed by atoms with van der Waals surface area (Å²) in [4.78, 5) is 0. The number of rotatable bonds is 3. The molecule has 0 amide bonds. The highest BCUT2D eigenvalue weighted by molar-refractivity contribution is 7.99. The van der Waals surface area contributed by atoms with Gasteiger partial charge in [0.2, 0.25) is 5.82 Å². The molecule has 0 saturated carbocycles. The van der Waals surface area contributed by atoms with Gasteiger partial charge in [0.15, 0.2) is 5.65 Å². The lowest BCUT2D eigenvalue weighted by Crippen LogP contribution is -2.44. The molecule has 2 aromatic heterocycles. The third-order valence-electron chi connectivity index (χ3n) is 4.39. The fourth-order valence-corrected chi connectivity index (χ4v) is 4.62. The van der Waals surface area contributed by atoms with Crippen molar-refractivity contribution in [3.8, 4) is 0 Å². The minimum atomic E-state index is -2.70. The molecule has 2 aliphatic rings. The van der Waals surface area contributed by atoms with Crippen molar-refractivity contribution in [1.29, 1.82) is 0 Å². The molecule has 2 aromatic rings. The molecule has 0 radical (unpaired) electrons. The van der Waals surface area contributed by atoms with Gasteiger partial charge in [0.1, 0.15) is 5.82 Å². The molecule has 6 nitrogen and oxygen atoms in total. The molecule has 2 aliphatic heterocycles. The molecule has 0 aromatic carbocycles. The first kappa shape index (κ1) is 15.1. The SMILES string of the molecule is FC(F)c1nnc2ccc(N[C@H]3CCO[C@@]4(CCSC4)C3)nn12. The highest BCUT2D eigenvalue weighted by atomic mass is 32.2. The van der Waals surface area contributed by atoms with Gasteiger partial charge in [-0.05, 0) is 37.1 Å². The number of alkyl halides is 2. The van der Waals surface area contributed by atoms with Crippen LogP contribution in [0.4, 0.5) is 14.6 Å². The van der Waals surface area contributed by atoms with Crippen molar-refractivity contribution in [1.82, 2.24) is 19.8 Å². The summed E-state index contributed by atoms with van der Waals surface area (Å²) in [6, 6.07) is 3.64. The lowest BCUT2D eigenvalue weighted by molar-refractivity contribution is -0.0628. The van der Waals surface area contributed by atoms with E-state index >= 15 is 0 Å². The van der Waals surface area contributed by atoms with Crippen molar-refractivity contribution in [3.63, 3.8) is 0 Å². The maximum atomic E-state index is 12.9. The monoisotopic (exact) mass is 341 g/mol. The van der Waals surface area contributed by atoms with Crippen molar-refractivity contribution in [2.75, 3.05) is 23.4 Å². The van der Waals surface area contributed by atoms with E-state index in [-0.39, 0.29) is 11.6 Å². The molecule has 2 saturated heterocycles. The predicted molar refractivity (Wildman–Crippen MR) is 83.0 cm³/mol. The summed E-state index contributed by atoms with van der Waals surface area (Å²) in [6.45, 7) is 0.718. The van der Waals surface area contributed by atoms with Gasteiger partial charge in [-0.1, -0.05) is 0 Å². The van der Waals surface area contributed by atoms with Crippen LogP contribution >= 0.6 is 11.8 Å². The third kappa shape index (κ3) is 2.87. The molecule has 2 atom stereocenters. The summed E-state index contributed by atoms with van der Waals surface area (Å²) < 4.78 is 32.9. The average Bonchev–Trinajstić information content (AvgIpc) is 3.14. The van der Waals surface area contributed by atoms with Gasteiger partial charge in [0.05, 0.1) is 5.60 Å². The zero-order valence-corrected chi connectivity index (χ0v) is 13.2. The maximum absolute atomic E-state index is 12.9. The molecule has 4 heterocycles. The largest absolute Gasteiger partial charge is 0.374 e. The quantitative estimate of drug-likeness (QED) is 0.925. The Morgan fingerprint density at radius 3 is 3.09 bits per heavy atom. The summed E-state index contributed by atoms with van der Waals surface area (Å²) in [7, 11) is 0. The maximum Gasteiger partial charge on any atom is 0.299 e. The Morgan fingerprint density at radius 2 is 2.30 bits per heavy atom. The Kier molecular flexibility index (Phi) is 3.84. The molecular formula is C14H17F2N5OS. The molecule has 2 fully saturated rings. The van der Waals surface area contributed by atoms with Crippen LogP contribution in [0.5, 0.6) is 0 Å². The van der Waals surface area contributed by atoms with Crippen molar-refractivity contribution in [2.24, 2.45) is 0 Å². The van der Waals surface area contributed by atoms with E-state index in [1.54, 1.807) is 12.1 Å². The molecule has 23 heavy (non-hydrogen) atoms. The first-order valence-electron chi connectivity index (χ1n) is 7.64. The Balaban J connectivity index is 1.54. The van der Waals surface area contributed by atoms with Gasteiger partial charge in [-0.2, -0.15) is 16.3 Å².